The first-order valence-electron chi connectivity index (χ1n) is 10.9. The van der Waals surface area contributed by atoms with Crippen LogP contribution in [0.5, 0.6) is 5.75 Å². The molecule has 3 aromatic rings. The van der Waals surface area contributed by atoms with Gasteiger partial charge in [-0.3, -0.25) is 9.59 Å². The van der Waals surface area contributed by atoms with Crippen molar-refractivity contribution in [1.82, 2.24) is 5.43 Å². The Kier molecular flexibility index (Phi) is 8.53. The van der Waals surface area contributed by atoms with Crippen LogP contribution in [0.25, 0.3) is 0 Å². The van der Waals surface area contributed by atoms with E-state index in [-0.39, 0.29) is 31.3 Å². The van der Waals surface area contributed by atoms with Crippen LogP contribution >= 0.6 is 0 Å². The minimum Gasteiger partial charge on any atom is -0.488 e. The topological polar surface area (TPSA) is 104 Å². The monoisotopic (exact) mass is 454 g/mol. The molecule has 0 unspecified atom stereocenters. The van der Waals surface area contributed by atoms with Gasteiger partial charge in [0, 0.05) is 29.7 Å². The lowest BCUT2D eigenvalue weighted by molar-refractivity contribution is -0.124. The van der Waals surface area contributed by atoms with Crippen LogP contribution in [0.1, 0.15) is 40.7 Å². The fourth-order valence-corrected chi connectivity index (χ4v) is 3.19. The highest BCUT2D eigenvalue weighted by Crippen LogP contribution is 2.19. The fraction of sp³-hybridized carbons (Fsp3) is 0.185. The first-order chi connectivity index (χ1) is 16.5. The molecule has 34 heavy (non-hydrogen) atoms. The highest BCUT2D eigenvalue weighted by atomic mass is 16.5. The number of anilines is 1. The number of aryl methyl sites for hydroxylation is 1. The number of para-hydroxylation sites is 1. The molecule has 2 N–H and O–H groups in total. The Hall–Kier alpha value is -4.44. The average molecular weight is 455 g/mol. The maximum Gasteiger partial charge on any atom is 0.240 e. The largest absolute Gasteiger partial charge is 0.488 e. The number of rotatable bonds is 9. The predicted octanol–water partition coefficient (Wildman–Crippen LogP) is 4.62. The van der Waals surface area contributed by atoms with Crippen LogP contribution in [0.15, 0.2) is 71.8 Å². The number of benzene rings is 3. The van der Waals surface area contributed by atoms with E-state index < -0.39 is 0 Å². The van der Waals surface area contributed by atoms with E-state index >= 15 is 0 Å². The molecule has 172 valence electrons. The fourth-order valence-electron chi connectivity index (χ4n) is 3.19. The molecule has 7 nitrogen and oxygen atoms in total. The van der Waals surface area contributed by atoms with Gasteiger partial charge in [0.25, 0.3) is 0 Å². The minimum absolute atomic E-state index is 0.0110. The van der Waals surface area contributed by atoms with Crippen LogP contribution in [0, 0.1) is 25.2 Å². The number of hydrogen-bond acceptors (Lipinski definition) is 5. The molecule has 0 aliphatic carbocycles. The molecule has 0 radical (unpaired) electrons. The number of hydrazone groups is 1. The lowest BCUT2D eigenvalue weighted by Gasteiger charge is -2.10. The van der Waals surface area contributed by atoms with Gasteiger partial charge >= 0.3 is 0 Å². The summed E-state index contributed by atoms with van der Waals surface area (Å²) in [5, 5.41) is 16.0. The van der Waals surface area contributed by atoms with Crippen LogP contribution in [0.4, 0.5) is 5.69 Å². The normalized spacial score (nSPS) is 10.5. The lowest BCUT2D eigenvalue weighted by atomic mass is 10.1. The summed E-state index contributed by atoms with van der Waals surface area (Å²) in [5.74, 6) is -0.0286. The molecular weight excluding hydrogens is 428 g/mol. The number of nitrogens with one attached hydrogen (secondary N) is 2. The summed E-state index contributed by atoms with van der Waals surface area (Å²) in [6, 6.07) is 22.3. The van der Waals surface area contributed by atoms with Crippen molar-refractivity contribution in [2.75, 3.05) is 5.32 Å². The Balaban J connectivity index is 1.50. The maximum atomic E-state index is 12.2. The molecule has 3 rings (SSSR count). The van der Waals surface area contributed by atoms with Gasteiger partial charge in [0.15, 0.2) is 0 Å². The van der Waals surface area contributed by atoms with Crippen molar-refractivity contribution in [1.29, 1.82) is 5.26 Å². The Labute approximate surface area is 199 Å². The molecule has 0 aliphatic rings. The second-order valence-electron chi connectivity index (χ2n) is 7.68. The number of hydrogen-bond donors (Lipinski definition) is 2. The summed E-state index contributed by atoms with van der Waals surface area (Å²) in [6.07, 6.45) is 1.55. The van der Waals surface area contributed by atoms with Gasteiger partial charge in [-0.1, -0.05) is 42.5 Å². The molecule has 0 heterocycles. The van der Waals surface area contributed by atoms with Crippen molar-refractivity contribution >= 4 is 23.7 Å². The van der Waals surface area contributed by atoms with Crippen LogP contribution in [0.3, 0.4) is 0 Å². The smallest absolute Gasteiger partial charge is 0.240 e. The predicted molar refractivity (Wildman–Crippen MR) is 131 cm³/mol. The molecule has 0 bridgehead atoms. The van der Waals surface area contributed by atoms with Gasteiger partial charge in [-0.05, 0) is 49.2 Å². The van der Waals surface area contributed by atoms with Gasteiger partial charge in [-0.2, -0.15) is 10.4 Å². The summed E-state index contributed by atoms with van der Waals surface area (Å²) in [7, 11) is 0. The number of nitriles is 1. The Bertz CT molecular complexity index is 1240. The van der Waals surface area contributed by atoms with Crippen LogP contribution < -0.4 is 15.5 Å². The number of carbonyl (C=O) groups is 2. The van der Waals surface area contributed by atoms with Gasteiger partial charge in [-0.25, -0.2) is 5.43 Å². The van der Waals surface area contributed by atoms with E-state index in [4.69, 9.17) is 4.74 Å². The van der Waals surface area contributed by atoms with E-state index in [0.717, 1.165) is 22.4 Å². The van der Waals surface area contributed by atoms with Gasteiger partial charge in [0.1, 0.15) is 12.4 Å². The van der Waals surface area contributed by atoms with Gasteiger partial charge in [0.2, 0.25) is 11.8 Å². The van der Waals surface area contributed by atoms with E-state index in [9.17, 15) is 14.9 Å². The van der Waals surface area contributed by atoms with Gasteiger partial charge in [0.05, 0.1) is 17.8 Å². The first-order valence-corrected chi connectivity index (χ1v) is 10.9. The van der Waals surface area contributed by atoms with E-state index in [0.29, 0.717) is 16.9 Å². The van der Waals surface area contributed by atoms with E-state index in [1.165, 1.54) is 6.21 Å². The maximum absolute atomic E-state index is 12.2. The van der Waals surface area contributed by atoms with Gasteiger partial charge in [-0.15, -0.1) is 0 Å². The molecule has 0 saturated carbocycles. The van der Waals surface area contributed by atoms with E-state index in [2.05, 4.69) is 21.9 Å². The molecule has 0 saturated heterocycles. The highest BCUT2D eigenvalue weighted by molar-refractivity contribution is 5.94. The van der Waals surface area contributed by atoms with Crippen LogP contribution in [0.2, 0.25) is 0 Å². The Morgan fingerprint density at radius 1 is 0.971 bits per heavy atom. The van der Waals surface area contributed by atoms with Crippen LogP contribution in [-0.4, -0.2) is 18.0 Å². The number of carbonyl (C=O) groups excluding carboxylic acids is 2. The van der Waals surface area contributed by atoms with E-state index in [1.807, 2.05) is 56.3 Å². The molecule has 0 spiro atoms. The zero-order valence-electron chi connectivity index (χ0n) is 19.2. The third kappa shape index (κ3) is 6.78. The molecule has 0 atom stereocenters. The summed E-state index contributed by atoms with van der Waals surface area (Å²) in [4.78, 5) is 24.3. The quantitative estimate of drug-likeness (QED) is 0.364. The van der Waals surface area contributed by atoms with Crippen molar-refractivity contribution in [2.45, 2.75) is 33.3 Å². The summed E-state index contributed by atoms with van der Waals surface area (Å²) in [6.45, 7) is 4.15. The van der Waals surface area contributed by atoms with Crippen molar-refractivity contribution in [3.63, 3.8) is 0 Å². The van der Waals surface area contributed by atoms with Gasteiger partial charge < -0.3 is 10.1 Å². The molecule has 0 aromatic heterocycles. The molecule has 2 amide bonds. The zero-order valence-corrected chi connectivity index (χ0v) is 19.2. The van der Waals surface area contributed by atoms with E-state index in [1.54, 1.807) is 24.3 Å². The Morgan fingerprint density at radius 2 is 1.71 bits per heavy atom. The van der Waals surface area contributed by atoms with Crippen molar-refractivity contribution < 1.29 is 14.3 Å². The molecule has 0 aliphatic heterocycles. The third-order valence-electron chi connectivity index (χ3n) is 5.29. The minimum atomic E-state index is -0.367. The molecule has 3 aromatic carbocycles. The summed E-state index contributed by atoms with van der Waals surface area (Å²) < 4.78 is 5.87. The standard InChI is InChI=1S/C27H26N4O3/c1-19-8-7-12-24(20(19)2)30-26(32)14-15-27(33)31-29-17-22-10-5-6-13-25(22)34-18-23-11-4-3-9-21(23)16-28/h3-13,17H,14-15,18H2,1-2H3,(H,30,32)(H,31,33). The molecular formula is C27H26N4O3. The number of ether oxygens (including phenoxy) is 1. The molecule has 7 heteroatoms. The zero-order chi connectivity index (χ0) is 24.3. The van der Waals surface area contributed by atoms with Crippen LogP contribution in [-0.2, 0) is 16.2 Å². The lowest BCUT2D eigenvalue weighted by Crippen LogP contribution is -2.21. The second-order valence-corrected chi connectivity index (χ2v) is 7.68. The Morgan fingerprint density at radius 3 is 2.53 bits per heavy atom. The first kappa shape index (κ1) is 24.2. The number of nitrogens with zero attached hydrogens (tertiary/aromatic N) is 2. The summed E-state index contributed by atoms with van der Waals surface area (Å²) >= 11 is 0. The van der Waals surface area contributed by atoms with Crippen molar-refractivity contribution in [3.8, 4) is 11.8 Å². The van der Waals surface area contributed by atoms with Crippen molar-refractivity contribution in [2.24, 2.45) is 5.10 Å². The van der Waals surface area contributed by atoms with Crippen molar-refractivity contribution in [3.05, 3.63) is 94.5 Å². The average Bonchev–Trinajstić information content (AvgIpc) is 2.85. The third-order valence-corrected chi connectivity index (χ3v) is 5.29. The highest BCUT2D eigenvalue weighted by Gasteiger charge is 2.09. The molecule has 0 fully saturated rings. The summed E-state index contributed by atoms with van der Waals surface area (Å²) in [5.41, 5.74) is 7.29. The second kappa shape index (κ2) is 12.0. The number of amides is 2. The SMILES string of the molecule is Cc1cccc(NC(=O)CCC(=O)NN=Cc2ccccc2OCc2ccccc2C#N)c1C.